The summed E-state index contributed by atoms with van der Waals surface area (Å²) < 4.78 is 1.90. The lowest BCUT2D eigenvalue weighted by Gasteiger charge is -2.12. The molecule has 0 bridgehead atoms. The number of aryl methyl sites for hydroxylation is 1. The second-order valence-electron chi connectivity index (χ2n) is 5.91. The maximum atomic E-state index is 12.5. The van der Waals surface area contributed by atoms with Gasteiger partial charge in [0.05, 0.1) is 11.3 Å². The summed E-state index contributed by atoms with van der Waals surface area (Å²) in [6, 6.07) is 12.3. The minimum absolute atomic E-state index is 0.0222. The molecule has 0 aliphatic heterocycles. The zero-order chi connectivity index (χ0) is 15.1. The number of carbonyl (C=O) groups excluding carboxylic acids is 1. The predicted octanol–water partition coefficient (Wildman–Crippen LogP) is 2.54. The molecule has 4 nitrogen and oxygen atoms in total. The molecule has 4 rings (SSSR count). The van der Waals surface area contributed by atoms with Crippen molar-refractivity contribution in [3.63, 3.8) is 0 Å². The van der Waals surface area contributed by atoms with Crippen LogP contribution in [0, 0.1) is 6.92 Å². The van der Waals surface area contributed by atoms with E-state index in [1.807, 2.05) is 35.9 Å². The molecule has 1 N–H and O–H groups in total. The summed E-state index contributed by atoms with van der Waals surface area (Å²) in [5.74, 6) is -0.0222. The van der Waals surface area contributed by atoms with Crippen LogP contribution in [0.2, 0.25) is 0 Å². The van der Waals surface area contributed by atoms with Gasteiger partial charge in [0.2, 0.25) is 0 Å². The first-order valence-corrected chi connectivity index (χ1v) is 7.52. The van der Waals surface area contributed by atoms with Gasteiger partial charge >= 0.3 is 0 Å². The van der Waals surface area contributed by atoms with E-state index >= 15 is 0 Å². The van der Waals surface area contributed by atoms with Crippen molar-refractivity contribution in [2.75, 3.05) is 0 Å². The molecule has 2 heterocycles. The Morgan fingerprint density at radius 1 is 1.14 bits per heavy atom. The Hall–Kier alpha value is -2.62. The van der Waals surface area contributed by atoms with Crippen molar-refractivity contribution in [2.45, 2.75) is 25.8 Å². The molecule has 2 aromatic heterocycles. The Morgan fingerprint density at radius 2 is 1.86 bits per heavy atom. The van der Waals surface area contributed by atoms with Crippen LogP contribution in [-0.2, 0) is 12.8 Å². The second kappa shape index (κ2) is 4.98. The number of benzene rings is 1. The molecule has 110 valence electrons. The van der Waals surface area contributed by atoms with Crippen LogP contribution in [-0.4, -0.2) is 21.3 Å². The number of nitrogens with zero attached hydrogens (tertiary/aromatic N) is 2. The summed E-state index contributed by atoms with van der Waals surface area (Å²) in [7, 11) is 0. The topological polar surface area (TPSA) is 46.4 Å². The Balaban J connectivity index is 1.52. The van der Waals surface area contributed by atoms with Gasteiger partial charge in [0.15, 0.2) is 0 Å². The second-order valence-corrected chi connectivity index (χ2v) is 5.91. The van der Waals surface area contributed by atoms with Crippen molar-refractivity contribution in [1.82, 2.24) is 14.7 Å². The minimum Gasteiger partial charge on any atom is -0.349 e. The fraction of sp³-hybridized carbons (Fsp3) is 0.222. The molecule has 1 aliphatic rings. The number of hydrogen-bond donors (Lipinski definition) is 1. The van der Waals surface area contributed by atoms with Crippen molar-refractivity contribution < 1.29 is 4.79 Å². The summed E-state index contributed by atoms with van der Waals surface area (Å²) in [6.07, 6.45) is 5.59. The van der Waals surface area contributed by atoms with Gasteiger partial charge < -0.3 is 9.72 Å². The zero-order valence-electron chi connectivity index (χ0n) is 12.4. The third kappa shape index (κ3) is 2.26. The van der Waals surface area contributed by atoms with Crippen molar-refractivity contribution >= 4 is 11.6 Å². The van der Waals surface area contributed by atoms with E-state index in [4.69, 9.17) is 0 Å². The molecule has 0 spiro atoms. The van der Waals surface area contributed by atoms with Crippen LogP contribution >= 0.6 is 0 Å². The average Bonchev–Trinajstić information content (AvgIpc) is 3.07. The summed E-state index contributed by atoms with van der Waals surface area (Å²) in [5.41, 5.74) is 5.16. The standard InChI is InChI=1S/C18H17N3O/c1-12-10-21-11-15(6-7-17(21)19-12)18(22)20-16-8-13-4-2-3-5-14(13)9-16/h2-7,10-11,16H,8-9H2,1H3,(H,20,22). The van der Waals surface area contributed by atoms with Crippen molar-refractivity contribution in [3.8, 4) is 0 Å². The van der Waals surface area contributed by atoms with E-state index < -0.39 is 0 Å². The van der Waals surface area contributed by atoms with Gasteiger partial charge in [0.25, 0.3) is 5.91 Å². The first-order chi connectivity index (χ1) is 10.7. The normalized spacial score (nSPS) is 14.2. The summed E-state index contributed by atoms with van der Waals surface area (Å²) >= 11 is 0. The summed E-state index contributed by atoms with van der Waals surface area (Å²) in [6.45, 7) is 1.95. The predicted molar refractivity (Wildman–Crippen MR) is 85.0 cm³/mol. The maximum absolute atomic E-state index is 12.5. The highest BCUT2D eigenvalue weighted by molar-refractivity contribution is 5.94. The van der Waals surface area contributed by atoms with Crippen LogP contribution < -0.4 is 5.32 Å². The Kier molecular flexibility index (Phi) is 2.96. The van der Waals surface area contributed by atoms with Gasteiger partial charge in [-0.05, 0) is 43.0 Å². The smallest absolute Gasteiger partial charge is 0.253 e. The zero-order valence-corrected chi connectivity index (χ0v) is 12.4. The number of rotatable bonds is 2. The number of aromatic nitrogens is 2. The first-order valence-electron chi connectivity index (χ1n) is 7.52. The minimum atomic E-state index is -0.0222. The fourth-order valence-electron chi connectivity index (χ4n) is 3.18. The van der Waals surface area contributed by atoms with Crippen LogP contribution in [0.4, 0.5) is 0 Å². The number of amides is 1. The number of hydrogen-bond acceptors (Lipinski definition) is 2. The Labute approximate surface area is 128 Å². The molecule has 0 unspecified atom stereocenters. The van der Waals surface area contributed by atoms with E-state index in [0.717, 1.165) is 24.2 Å². The van der Waals surface area contributed by atoms with Gasteiger partial charge in [-0.2, -0.15) is 0 Å². The fourth-order valence-corrected chi connectivity index (χ4v) is 3.18. The lowest BCUT2D eigenvalue weighted by Crippen LogP contribution is -2.35. The highest BCUT2D eigenvalue weighted by Gasteiger charge is 2.22. The number of carbonyl (C=O) groups is 1. The molecule has 22 heavy (non-hydrogen) atoms. The Bertz CT molecular complexity index is 841. The molecule has 1 amide bonds. The monoisotopic (exact) mass is 291 g/mol. The van der Waals surface area contributed by atoms with Crippen LogP contribution in [0.15, 0.2) is 48.8 Å². The molecule has 3 aromatic rings. The quantitative estimate of drug-likeness (QED) is 0.788. The molecule has 0 atom stereocenters. The van der Waals surface area contributed by atoms with Crippen LogP contribution in [0.25, 0.3) is 5.65 Å². The highest BCUT2D eigenvalue weighted by Crippen LogP contribution is 2.22. The lowest BCUT2D eigenvalue weighted by molar-refractivity contribution is 0.0938. The van der Waals surface area contributed by atoms with Gasteiger partial charge in [-0.3, -0.25) is 4.79 Å². The van der Waals surface area contributed by atoms with E-state index in [1.165, 1.54) is 11.1 Å². The number of imidazole rings is 1. The highest BCUT2D eigenvalue weighted by atomic mass is 16.1. The lowest BCUT2D eigenvalue weighted by atomic mass is 10.1. The number of nitrogens with one attached hydrogen (secondary N) is 1. The van der Waals surface area contributed by atoms with E-state index in [1.54, 1.807) is 0 Å². The van der Waals surface area contributed by atoms with Crippen molar-refractivity contribution in [2.24, 2.45) is 0 Å². The van der Waals surface area contributed by atoms with Crippen molar-refractivity contribution in [3.05, 3.63) is 71.2 Å². The van der Waals surface area contributed by atoms with E-state index in [0.29, 0.717) is 5.56 Å². The summed E-state index contributed by atoms with van der Waals surface area (Å²) in [5, 5.41) is 3.14. The van der Waals surface area contributed by atoms with Gasteiger partial charge in [-0.25, -0.2) is 4.98 Å². The van der Waals surface area contributed by atoms with Gasteiger partial charge in [-0.1, -0.05) is 24.3 Å². The largest absolute Gasteiger partial charge is 0.349 e. The molecule has 0 fully saturated rings. The first kappa shape index (κ1) is 13.1. The van der Waals surface area contributed by atoms with E-state index in [2.05, 4.69) is 34.6 Å². The average molecular weight is 291 g/mol. The maximum Gasteiger partial charge on any atom is 0.253 e. The van der Waals surface area contributed by atoms with E-state index in [-0.39, 0.29) is 11.9 Å². The summed E-state index contributed by atoms with van der Waals surface area (Å²) in [4.78, 5) is 16.8. The van der Waals surface area contributed by atoms with Gasteiger partial charge in [0.1, 0.15) is 5.65 Å². The Morgan fingerprint density at radius 3 is 2.59 bits per heavy atom. The van der Waals surface area contributed by atoms with Gasteiger partial charge in [-0.15, -0.1) is 0 Å². The molecule has 1 aromatic carbocycles. The molecule has 0 radical (unpaired) electrons. The molecule has 0 saturated heterocycles. The third-order valence-corrected chi connectivity index (χ3v) is 4.22. The SMILES string of the molecule is Cc1cn2cc(C(=O)NC3Cc4ccccc4C3)ccc2n1. The number of fused-ring (bicyclic) bond motifs is 2. The van der Waals surface area contributed by atoms with Gasteiger partial charge in [0, 0.05) is 18.4 Å². The van der Waals surface area contributed by atoms with Crippen LogP contribution in [0.5, 0.6) is 0 Å². The molecule has 1 aliphatic carbocycles. The molecular weight excluding hydrogens is 274 g/mol. The van der Waals surface area contributed by atoms with Crippen molar-refractivity contribution in [1.29, 1.82) is 0 Å². The van der Waals surface area contributed by atoms with Crippen LogP contribution in [0.1, 0.15) is 27.2 Å². The molecule has 0 saturated carbocycles. The number of pyridine rings is 1. The van der Waals surface area contributed by atoms with E-state index in [9.17, 15) is 4.79 Å². The van der Waals surface area contributed by atoms with Crippen LogP contribution in [0.3, 0.4) is 0 Å². The molecular formula is C18H17N3O. The molecule has 4 heteroatoms. The third-order valence-electron chi connectivity index (χ3n) is 4.22.